The van der Waals surface area contributed by atoms with Crippen LogP contribution in [0.5, 0.6) is 5.75 Å². The third kappa shape index (κ3) is 6.49. The minimum absolute atomic E-state index is 0.0182. The lowest BCUT2D eigenvalue weighted by Gasteiger charge is -2.15. The predicted octanol–water partition coefficient (Wildman–Crippen LogP) is 1.76. The molecular formula is C19H21N3O8S. The Morgan fingerprint density at radius 2 is 1.81 bits per heavy atom. The van der Waals surface area contributed by atoms with Crippen molar-refractivity contribution in [3.8, 4) is 5.75 Å². The molecule has 0 aromatic heterocycles. The normalized spacial score (nSPS) is 12.0. The van der Waals surface area contributed by atoms with Gasteiger partial charge < -0.3 is 14.8 Å². The number of amides is 1. The number of hydrogen-bond donors (Lipinski definition) is 2. The summed E-state index contributed by atoms with van der Waals surface area (Å²) >= 11 is 0. The van der Waals surface area contributed by atoms with Crippen LogP contribution in [-0.4, -0.2) is 45.0 Å². The van der Waals surface area contributed by atoms with Crippen molar-refractivity contribution in [2.45, 2.75) is 24.8 Å². The van der Waals surface area contributed by atoms with E-state index in [1.165, 1.54) is 38.3 Å². The second kappa shape index (κ2) is 10.00. The molecule has 0 heterocycles. The Morgan fingerprint density at radius 1 is 1.16 bits per heavy atom. The molecule has 0 bridgehead atoms. The minimum atomic E-state index is -3.93. The molecule has 0 spiro atoms. The lowest BCUT2D eigenvalue weighted by Crippen LogP contribution is -2.35. The molecule has 0 saturated carbocycles. The summed E-state index contributed by atoms with van der Waals surface area (Å²) in [4.78, 5) is 34.5. The fourth-order valence-electron chi connectivity index (χ4n) is 2.39. The fraction of sp³-hybridized carbons (Fsp3) is 0.263. The number of anilines is 1. The van der Waals surface area contributed by atoms with Crippen LogP contribution in [0.3, 0.4) is 0 Å². The lowest BCUT2D eigenvalue weighted by molar-refractivity contribution is -0.384. The van der Waals surface area contributed by atoms with E-state index in [0.717, 1.165) is 11.6 Å². The van der Waals surface area contributed by atoms with Crippen molar-refractivity contribution >= 4 is 33.3 Å². The first kappa shape index (κ1) is 23.8. The Labute approximate surface area is 178 Å². The maximum absolute atomic E-state index is 12.3. The highest BCUT2D eigenvalue weighted by Gasteiger charge is 2.22. The molecule has 0 aliphatic heterocycles. The van der Waals surface area contributed by atoms with Crippen molar-refractivity contribution in [2.75, 3.05) is 19.0 Å². The molecule has 0 radical (unpaired) electrons. The number of ether oxygens (including phenoxy) is 2. The van der Waals surface area contributed by atoms with Crippen LogP contribution in [0.25, 0.3) is 0 Å². The predicted molar refractivity (Wildman–Crippen MR) is 110 cm³/mol. The van der Waals surface area contributed by atoms with Gasteiger partial charge in [-0.05, 0) is 32.0 Å². The Morgan fingerprint density at radius 3 is 2.39 bits per heavy atom. The molecule has 0 unspecified atom stereocenters. The Balaban J connectivity index is 1.97. The van der Waals surface area contributed by atoms with Crippen LogP contribution in [-0.2, 0) is 24.3 Å². The molecule has 1 atom stereocenters. The number of sulfonamides is 1. The van der Waals surface area contributed by atoms with Crippen molar-refractivity contribution in [1.82, 2.24) is 4.72 Å². The maximum atomic E-state index is 12.3. The summed E-state index contributed by atoms with van der Waals surface area (Å²) in [5, 5.41) is 13.3. The Bertz CT molecular complexity index is 1080. The van der Waals surface area contributed by atoms with Crippen molar-refractivity contribution in [2.24, 2.45) is 0 Å². The van der Waals surface area contributed by atoms with Gasteiger partial charge in [-0.2, -0.15) is 4.72 Å². The number of carbonyl (C=O) groups excluding carboxylic acids is 2. The molecule has 0 aliphatic carbocycles. The summed E-state index contributed by atoms with van der Waals surface area (Å²) in [5.74, 6) is -1.60. The number of esters is 1. The smallest absolute Gasteiger partial charge is 0.321 e. The largest absolute Gasteiger partial charge is 0.495 e. The number of nitrogens with zero attached hydrogens (tertiary/aromatic N) is 1. The van der Waals surface area contributed by atoms with Gasteiger partial charge in [-0.1, -0.05) is 17.7 Å². The number of benzene rings is 2. The average molecular weight is 451 g/mol. The highest BCUT2D eigenvalue weighted by molar-refractivity contribution is 7.89. The van der Waals surface area contributed by atoms with Crippen LogP contribution < -0.4 is 14.8 Å². The van der Waals surface area contributed by atoms with E-state index >= 15 is 0 Å². The second-order valence-electron chi connectivity index (χ2n) is 6.40. The van der Waals surface area contributed by atoms with E-state index in [9.17, 15) is 28.1 Å². The highest BCUT2D eigenvalue weighted by atomic mass is 32.2. The van der Waals surface area contributed by atoms with Crippen LogP contribution >= 0.6 is 0 Å². The van der Waals surface area contributed by atoms with Crippen LogP contribution in [0.1, 0.15) is 12.5 Å². The number of rotatable bonds is 9. The van der Waals surface area contributed by atoms with Gasteiger partial charge in [0, 0.05) is 12.1 Å². The average Bonchev–Trinajstić information content (AvgIpc) is 2.72. The van der Waals surface area contributed by atoms with E-state index in [1.54, 1.807) is 19.1 Å². The van der Waals surface area contributed by atoms with Gasteiger partial charge in [-0.15, -0.1) is 0 Å². The summed E-state index contributed by atoms with van der Waals surface area (Å²) in [6.07, 6.45) is -1.31. The number of hydrogen-bond acceptors (Lipinski definition) is 8. The molecule has 0 aliphatic rings. The van der Waals surface area contributed by atoms with Crippen LogP contribution in [0, 0.1) is 17.0 Å². The summed E-state index contributed by atoms with van der Waals surface area (Å²) < 4.78 is 36.5. The van der Waals surface area contributed by atoms with E-state index in [-0.39, 0.29) is 22.0 Å². The number of carbonyl (C=O) groups is 2. The molecule has 2 rings (SSSR count). The lowest BCUT2D eigenvalue weighted by atomic mass is 10.2. The molecule has 1 amide bonds. The first-order chi connectivity index (χ1) is 14.5. The highest BCUT2D eigenvalue weighted by Crippen LogP contribution is 2.29. The first-order valence-electron chi connectivity index (χ1n) is 8.92. The van der Waals surface area contributed by atoms with E-state index < -0.39 is 39.5 Å². The van der Waals surface area contributed by atoms with E-state index in [0.29, 0.717) is 0 Å². The van der Waals surface area contributed by atoms with Gasteiger partial charge in [0.25, 0.3) is 11.6 Å². The summed E-state index contributed by atoms with van der Waals surface area (Å²) in [6, 6.07) is 9.63. The fourth-order valence-corrected chi connectivity index (χ4v) is 3.36. The van der Waals surface area contributed by atoms with Gasteiger partial charge in [0.2, 0.25) is 10.0 Å². The van der Waals surface area contributed by atoms with Crippen molar-refractivity contribution < 1.29 is 32.4 Å². The van der Waals surface area contributed by atoms with Crippen molar-refractivity contribution in [1.29, 1.82) is 0 Å². The topological polar surface area (TPSA) is 154 Å². The SMILES string of the molecule is COc1ccc([N+](=O)[O-])cc1NC(=O)[C@@H](C)OC(=O)CNS(=O)(=O)c1ccc(C)cc1. The molecule has 2 N–H and O–H groups in total. The molecule has 31 heavy (non-hydrogen) atoms. The molecule has 166 valence electrons. The van der Waals surface area contributed by atoms with Crippen molar-refractivity contribution in [3.63, 3.8) is 0 Å². The molecule has 11 nitrogen and oxygen atoms in total. The van der Waals surface area contributed by atoms with E-state index in [2.05, 4.69) is 10.0 Å². The first-order valence-corrected chi connectivity index (χ1v) is 10.4. The third-order valence-electron chi connectivity index (χ3n) is 4.07. The molecule has 12 heteroatoms. The maximum Gasteiger partial charge on any atom is 0.321 e. The number of methoxy groups -OCH3 is 1. The zero-order chi connectivity index (χ0) is 23.2. The third-order valence-corrected chi connectivity index (χ3v) is 5.48. The monoisotopic (exact) mass is 451 g/mol. The number of nitro benzene ring substituents is 1. The quantitative estimate of drug-likeness (QED) is 0.332. The Kier molecular flexibility index (Phi) is 7.67. The zero-order valence-corrected chi connectivity index (χ0v) is 17.8. The second-order valence-corrected chi connectivity index (χ2v) is 8.17. The zero-order valence-electron chi connectivity index (χ0n) is 16.9. The van der Waals surface area contributed by atoms with Gasteiger partial charge in [-0.3, -0.25) is 19.7 Å². The van der Waals surface area contributed by atoms with Gasteiger partial charge in [0.1, 0.15) is 12.3 Å². The Hall–Kier alpha value is -3.51. The number of nitrogens with one attached hydrogen (secondary N) is 2. The molecule has 2 aromatic carbocycles. The van der Waals surface area contributed by atoms with Crippen LogP contribution in [0.2, 0.25) is 0 Å². The summed E-state index contributed by atoms with van der Waals surface area (Å²) in [5.41, 5.74) is 0.620. The van der Waals surface area contributed by atoms with E-state index in [4.69, 9.17) is 9.47 Å². The molecule has 2 aromatic rings. The number of non-ortho nitro benzene ring substituents is 1. The molecule has 0 saturated heterocycles. The minimum Gasteiger partial charge on any atom is -0.495 e. The molecule has 0 fully saturated rings. The van der Waals surface area contributed by atoms with Crippen molar-refractivity contribution in [3.05, 3.63) is 58.1 Å². The number of nitro groups is 1. The van der Waals surface area contributed by atoms with Gasteiger partial charge in [-0.25, -0.2) is 8.42 Å². The number of aryl methyl sites for hydroxylation is 1. The summed E-state index contributed by atoms with van der Waals surface area (Å²) in [7, 11) is -2.61. The van der Waals surface area contributed by atoms with Gasteiger partial charge in [0.05, 0.1) is 22.6 Å². The van der Waals surface area contributed by atoms with Gasteiger partial charge in [0.15, 0.2) is 6.10 Å². The van der Waals surface area contributed by atoms with E-state index in [1.807, 2.05) is 0 Å². The van der Waals surface area contributed by atoms with Crippen LogP contribution in [0.4, 0.5) is 11.4 Å². The summed E-state index contributed by atoms with van der Waals surface area (Å²) in [6.45, 7) is 2.39. The van der Waals surface area contributed by atoms with Gasteiger partial charge >= 0.3 is 5.97 Å². The standard InChI is InChI=1S/C19H21N3O8S/c1-12-4-7-15(8-5-12)31(27,28)20-11-18(23)30-13(2)19(24)21-16-10-14(22(25)26)6-9-17(16)29-3/h4-10,13,20H,11H2,1-3H3,(H,21,24)/t13-/m1/s1. The van der Waals surface area contributed by atoms with Crippen LogP contribution in [0.15, 0.2) is 47.4 Å². The molecular weight excluding hydrogens is 430 g/mol.